The van der Waals surface area contributed by atoms with Gasteiger partial charge in [-0.2, -0.15) is 0 Å². The molecule has 0 spiro atoms. The maximum atomic E-state index is 13.5. The number of likely N-dealkylation sites (tertiary alicyclic amines) is 1. The van der Waals surface area contributed by atoms with Crippen LogP contribution in [0, 0.1) is 23.7 Å². The molecule has 0 aromatic carbocycles. The van der Waals surface area contributed by atoms with Gasteiger partial charge in [0.05, 0.1) is 11.8 Å². The number of unbranched alkanes of at least 4 members (excludes halogenated alkanes) is 3. The Balaban J connectivity index is 2.31. The molecule has 0 aromatic heterocycles. The Morgan fingerprint density at radius 1 is 1.13 bits per heavy atom. The van der Waals surface area contributed by atoms with Gasteiger partial charge in [0.2, 0.25) is 17.7 Å². The number of carbonyl (C=O) groups excluding carboxylic acids is 3. The number of amides is 3. The summed E-state index contributed by atoms with van der Waals surface area (Å²) in [6.07, 6.45) is 9.16. The molecule has 1 fully saturated rings. The van der Waals surface area contributed by atoms with E-state index in [1.807, 2.05) is 19.9 Å². The molecule has 0 saturated carbocycles. The first-order valence-electron chi connectivity index (χ1n) is 11.5. The molecule has 7 heteroatoms. The first-order valence-corrected chi connectivity index (χ1v) is 11.5. The van der Waals surface area contributed by atoms with Crippen molar-refractivity contribution in [2.45, 2.75) is 71.4 Å². The summed E-state index contributed by atoms with van der Waals surface area (Å²) in [6, 6.07) is -0.595. The van der Waals surface area contributed by atoms with Crippen LogP contribution in [-0.4, -0.2) is 60.0 Å². The lowest BCUT2D eigenvalue weighted by Crippen LogP contribution is -2.49. The van der Waals surface area contributed by atoms with E-state index in [-0.39, 0.29) is 42.2 Å². The zero-order chi connectivity index (χ0) is 22.3. The highest BCUT2D eigenvalue weighted by Crippen LogP contribution is 2.45. The van der Waals surface area contributed by atoms with Crippen molar-refractivity contribution < 1.29 is 19.5 Å². The maximum Gasteiger partial charge on any atom is 0.243 e. The van der Waals surface area contributed by atoms with Crippen LogP contribution in [0.25, 0.3) is 0 Å². The molecule has 1 heterocycles. The van der Waals surface area contributed by atoms with Gasteiger partial charge in [-0.25, -0.2) is 0 Å². The van der Waals surface area contributed by atoms with Crippen molar-refractivity contribution in [2.24, 2.45) is 23.7 Å². The maximum absolute atomic E-state index is 13.5. The second kappa shape index (κ2) is 11.5. The van der Waals surface area contributed by atoms with Crippen molar-refractivity contribution in [2.75, 3.05) is 20.2 Å². The second-order valence-electron chi connectivity index (χ2n) is 8.86. The Hall–Kier alpha value is -1.89. The minimum absolute atomic E-state index is 0.0125. The van der Waals surface area contributed by atoms with E-state index in [1.54, 1.807) is 11.9 Å². The van der Waals surface area contributed by atoms with Crippen molar-refractivity contribution in [3.05, 3.63) is 12.2 Å². The summed E-state index contributed by atoms with van der Waals surface area (Å²) >= 11 is 0. The summed E-state index contributed by atoms with van der Waals surface area (Å²) in [4.78, 5) is 41.1. The molecule has 2 rings (SSSR count). The van der Waals surface area contributed by atoms with Crippen LogP contribution in [0.4, 0.5) is 0 Å². The van der Waals surface area contributed by atoms with E-state index in [1.165, 1.54) is 0 Å². The minimum Gasteiger partial charge on any atom is -0.396 e. The third-order valence-corrected chi connectivity index (χ3v) is 6.29. The standard InChI is InChI=1S/C23H39N3O4/c1-5-10-16-11-12-17-19(18(16)21(28)24-4)23(30)26(13-8-6-7-9-14-27)20(17)22(29)25-15(2)3/h11-12,15-20,27H,5-10,13-14H2,1-4H3,(H,24,28)(H,25,29)/t16-,17+,18-,19-,20+/m1/s1. The average molecular weight is 422 g/mol. The summed E-state index contributed by atoms with van der Waals surface area (Å²) in [5.74, 6) is -1.55. The summed E-state index contributed by atoms with van der Waals surface area (Å²) in [6.45, 7) is 6.57. The zero-order valence-electron chi connectivity index (χ0n) is 18.9. The van der Waals surface area contributed by atoms with Gasteiger partial charge >= 0.3 is 0 Å². The van der Waals surface area contributed by atoms with Gasteiger partial charge < -0.3 is 20.6 Å². The number of rotatable bonds is 11. The number of hydrogen-bond donors (Lipinski definition) is 3. The van der Waals surface area contributed by atoms with Crippen molar-refractivity contribution in [1.29, 1.82) is 0 Å². The monoisotopic (exact) mass is 421 g/mol. The van der Waals surface area contributed by atoms with Crippen molar-refractivity contribution in [3.63, 3.8) is 0 Å². The summed E-state index contributed by atoms with van der Waals surface area (Å²) in [7, 11) is 1.61. The molecule has 5 atom stereocenters. The molecule has 0 bridgehead atoms. The molecule has 7 nitrogen and oxygen atoms in total. The van der Waals surface area contributed by atoms with E-state index in [2.05, 4.69) is 23.6 Å². The quantitative estimate of drug-likeness (QED) is 0.350. The van der Waals surface area contributed by atoms with Crippen LogP contribution in [0.2, 0.25) is 0 Å². The molecule has 2 aliphatic rings. The van der Waals surface area contributed by atoms with Crippen LogP contribution in [0.5, 0.6) is 0 Å². The lowest BCUT2D eigenvalue weighted by molar-refractivity contribution is -0.141. The Bertz CT molecular complexity index is 634. The number of nitrogens with zero attached hydrogens (tertiary/aromatic N) is 1. The summed E-state index contributed by atoms with van der Waals surface area (Å²) < 4.78 is 0. The Labute approximate surface area is 180 Å². The minimum atomic E-state index is -0.575. The van der Waals surface area contributed by atoms with Crippen molar-refractivity contribution in [1.82, 2.24) is 15.5 Å². The molecular formula is C23H39N3O4. The molecule has 3 N–H and O–H groups in total. The number of aliphatic hydroxyl groups is 1. The molecule has 1 aliphatic heterocycles. The number of aliphatic hydroxyl groups excluding tert-OH is 1. The van der Waals surface area contributed by atoms with E-state index in [0.717, 1.165) is 38.5 Å². The first-order chi connectivity index (χ1) is 14.4. The van der Waals surface area contributed by atoms with Crippen LogP contribution in [-0.2, 0) is 14.4 Å². The first kappa shape index (κ1) is 24.4. The average Bonchev–Trinajstić information content (AvgIpc) is 2.99. The van der Waals surface area contributed by atoms with Gasteiger partial charge in [-0.05, 0) is 39.0 Å². The molecule has 30 heavy (non-hydrogen) atoms. The van der Waals surface area contributed by atoms with E-state index >= 15 is 0 Å². The van der Waals surface area contributed by atoms with Gasteiger partial charge in [-0.3, -0.25) is 14.4 Å². The van der Waals surface area contributed by atoms with Gasteiger partial charge in [0.15, 0.2) is 0 Å². The fourth-order valence-electron chi connectivity index (χ4n) is 4.99. The lowest BCUT2D eigenvalue weighted by Gasteiger charge is -2.34. The van der Waals surface area contributed by atoms with Gasteiger partial charge in [0, 0.05) is 32.2 Å². The fourth-order valence-corrected chi connectivity index (χ4v) is 4.99. The normalized spacial score (nSPS) is 28.0. The SMILES string of the molecule is CCC[C@@H]1C=C[C@H]2[C@@H](C(=O)N(CCCCCCO)[C@@H]2C(=O)NC(C)C)[C@@H]1C(=O)NC. The zero-order valence-corrected chi connectivity index (χ0v) is 18.9. The Morgan fingerprint density at radius 3 is 2.43 bits per heavy atom. The fraction of sp³-hybridized carbons (Fsp3) is 0.783. The van der Waals surface area contributed by atoms with E-state index in [0.29, 0.717) is 6.54 Å². The van der Waals surface area contributed by atoms with Crippen LogP contribution in [0.15, 0.2) is 12.2 Å². The molecule has 0 radical (unpaired) electrons. The van der Waals surface area contributed by atoms with E-state index < -0.39 is 17.9 Å². The number of hydrogen-bond acceptors (Lipinski definition) is 4. The molecule has 170 valence electrons. The van der Waals surface area contributed by atoms with E-state index in [9.17, 15) is 14.4 Å². The topological polar surface area (TPSA) is 98.7 Å². The third kappa shape index (κ3) is 5.42. The molecular weight excluding hydrogens is 382 g/mol. The summed E-state index contributed by atoms with van der Waals surface area (Å²) in [5.41, 5.74) is 0. The molecule has 1 aliphatic carbocycles. The predicted octanol–water partition coefficient (Wildman–Crippen LogP) is 1.86. The van der Waals surface area contributed by atoms with Crippen molar-refractivity contribution in [3.8, 4) is 0 Å². The van der Waals surface area contributed by atoms with Crippen LogP contribution < -0.4 is 10.6 Å². The van der Waals surface area contributed by atoms with Gasteiger partial charge in [-0.1, -0.05) is 38.3 Å². The van der Waals surface area contributed by atoms with Crippen molar-refractivity contribution >= 4 is 17.7 Å². The summed E-state index contributed by atoms with van der Waals surface area (Å²) in [5, 5.41) is 14.7. The van der Waals surface area contributed by atoms with Gasteiger partial charge in [0.25, 0.3) is 0 Å². The second-order valence-corrected chi connectivity index (χ2v) is 8.86. The molecule has 3 amide bonds. The Kier molecular flexibility index (Phi) is 9.34. The van der Waals surface area contributed by atoms with Crippen LogP contribution in [0.3, 0.4) is 0 Å². The van der Waals surface area contributed by atoms with Crippen LogP contribution >= 0.6 is 0 Å². The van der Waals surface area contributed by atoms with Gasteiger partial charge in [-0.15, -0.1) is 0 Å². The highest BCUT2D eigenvalue weighted by atomic mass is 16.3. The number of nitrogens with one attached hydrogen (secondary N) is 2. The molecule has 0 aromatic rings. The van der Waals surface area contributed by atoms with Gasteiger partial charge in [0.1, 0.15) is 6.04 Å². The lowest BCUT2D eigenvalue weighted by atomic mass is 9.68. The third-order valence-electron chi connectivity index (χ3n) is 6.29. The predicted molar refractivity (Wildman–Crippen MR) is 116 cm³/mol. The van der Waals surface area contributed by atoms with E-state index in [4.69, 9.17) is 5.11 Å². The smallest absolute Gasteiger partial charge is 0.243 e. The van der Waals surface area contributed by atoms with Crippen LogP contribution in [0.1, 0.15) is 59.3 Å². The highest BCUT2D eigenvalue weighted by molar-refractivity contribution is 5.96. The number of fused-ring (bicyclic) bond motifs is 1. The Morgan fingerprint density at radius 2 is 1.83 bits per heavy atom. The number of allylic oxidation sites excluding steroid dienone is 1. The molecule has 1 saturated heterocycles. The highest BCUT2D eigenvalue weighted by Gasteiger charge is 2.56. The number of carbonyl (C=O) groups is 3. The largest absolute Gasteiger partial charge is 0.396 e. The molecule has 0 unspecified atom stereocenters.